The smallest absolute Gasteiger partial charge is 0.266 e. The molecular weight excluding hydrogens is 424 g/mol. The summed E-state index contributed by atoms with van der Waals surface area (Å²) < 4.78 is 11.4. The van der Waals surface area contributed by atoms with E-state index in [1.807, 2.05) is 19.9 Å². The molecule has 7 heteroatoms. The van der Waals surface area contributed by atoms with Gasteiger partial charge in [0.1, 0.15) is 17.4 Å². The van der Waals surface area contributed by atoms with Crippen molar-refractivity contribution in [2.75, 3.05) is 11.9 Å². The van der Waals surface area contributed by atoms with Gasteiger partial charge in [-0.05, 0) is 72.6 Å². The number of hydrogen-bond donors (Lipinski definition) is 2. The Labute approximate surface area is 172 Å². The van der Waals surface area contributed by atoms with Crippen LogP contribution in [0, 0.1) is 11.3 Å². The van der Waals surface area contributed by atoms with Gasteiger partial charge in [0.15, 0.2) is 11.5 Å². The number of benzene rings is 2. The van der Waals surface area contributed by atoms with Crippen LogP contribution in [0.3, 0.4) is 0 Å². The maximum atomic E-state index is 12.5. The SMILES string of the molecule is CCOc1cc(/C=C(/C#N)C(=O)Nc2cccc(OC(C)C)c2)cc(Br)c1O. The van der Waals surface area contributed by atoms with E-state index in [4.69, 9.17) is 9.47 Å². The van der Waals surface area contributed by atoms with E-state index in [1.165, 1.54) is 6.08 Å². The van der Waals surface area contributed by atoms with Crippen molar-refractivity contribution in [3.63, 3.8) is 0 Å². The second-order valence-corrected chi connectivity index (χ2v) is 6.96. The molecule has 0 saturated carbocycles. The molecule has 1 amide bonds. The summed E-state index contributed by atoms with van der Waals surface area (Å²) in [5, 5.41) is 22.1. The van der Waals surface area contributed by atoms with Gasteiger partial charge in [-0.2, -0.15) is 5.26 Å². The lowest BCUT2D eigenvalue weighted by molar-refractivity contribution is -0.112. The summed E-state index contributed by atoms with van der Waals surface area (Å²) in [6.45, 7) is 5.98. The molecule has 146 valence electrons. The average molecular weight is 445 g/mol. The minimum Gasteiger partial charge on any atom is -0.503 e. The highest BCUT2D eigenvalue weighted by molar-refractivity contribution is 9.10. The number of rotatable bonds is 7. The number of nitriles is 1. The highest BCUT2D eigenvalue weighted by Crippen LogP contribution is 2.36. The lowest BCUT2D eigenvalue weighted by Crippen LogP contribution is -2.13. The monoisotopic (exact) mass is 444 g/mol. The van der Waals surface area contributed by atoms with Crippen molar-refractivity contribution >= 4 is 33.6 Å². The predicted octanol–water partition coefficient (Wildman–Crippen LogP) is 4.89. The zero-order valence-electron chi connectivity index (χ0n) is 15.8. The van der Waals surface area contributed by atoms with Gasteiger partial charge in [-0.25, -0.2) is 0 Å². The van der Waals surface area contributed by atoms with Crippen molar-refractivity contribution < 1.29 is 19.4 Å². The molecule has 2 N–H and O–H groups in total. The van der Waals surface area contributed by atoms with E-state index in [9.17, 15) is 15.2 Å². The molecule has 0 aliphatic rings. The van der Waals surface area contributed by atoms with Crippen molar-refractivity contribution in [1.29, 1.82) is 5.26 Å². The lowest BCUT2D eigenvalue weighted by atomic mass is 10.1. The minimum absolute atomic E-state index is 0.00740. The Kier molecular flexibility index (Phi) is 7.47. The minimum atomic E-state index is -0.550. The number of carbonyl (C=O) groups excluding carboxylic acids is 1. The van der Waals surface area contributed by atoms with E-state index in [0.29, 0.717) is 28.1 Å². The molecule has 0 saturated heterocycles. The zero-order valence-corrected chi connectivity index (χ0v) is 17.4. The Morgan fingerprint density at radius 2 is 2.11 bits per heavy atom. The Morgan fingerprint density at radius 3 is 2.75 bits per heavy atom. The number of anilines is 1. The zero-order chi connectivity index (χ0) is 20.7. The van der Waals surface area contributed by atoms with Crippen LogP contribution in [0.1, 0.15) is 26.3 Å². The standard InChI is InChI=1S/C21H21BrN2O4/c1-4-27-19-10-14(9-18(22)20(19)25)8-15(12-23)21(26)24-16-6-5-7-17(11-16)28-13(2)3/h5-11,13,25H,4H2,1-3H3,(H,24,26)/b15-8-. The predicted molar refractivity (Wildman–Crippen MR) is 111 cm³/mol. The van der Waals surface area contributed by atoms with Crippen LogP contribution in [0.2, 0.25) is 0 Å². The molecule has 2 aromatic rings. The maximum Gasteiger partial charge on any atom is 0.266 e. The van der Waals surface area contributed by atoms with Crippen LogP contribution < -0.4 is 14.8 Å². The van der Waals surface area contributed by atoms with Crippen LogP contribution in [0.15, 0.2) is 46.4 Å². The molecule has 0 bridgehead atoms. The molecule has 0 aliphatic heterocycles. The molecule has 0 spiro atoms. The van der Waals surface area contributed by atoms with E-state index in [2.05, 4.69) is 21.2 Å². The Balaban J connectivity index is 2.25. The van der Waals surface area contributed by atoms with Crippen molar-refractivity contribution in [2.24, 2.45) is 0 Å². The maximum absolute atomic E-state index is 12.5. The number of phenolic OH excluding ortho intramolecular Hbond substituents is 1. The van der Waals surface area contributed by atoms with Crippen LogP contribution in [-0.2, 0) is 4.79 Å². The molecule has 6 nitrogen and oxygen atoms in total. The molecule has 0 aliphatic carbocycles. The fourth-order valence-corrected chi connectivity index (χ4v) is 2.84. The lowest BCUT2D eigenvalue weighted by Gasteiger charge is -2.11. The first-order valence-corrected chi connectivity index (χ1v) is 9.48. The third-order valence-electron chi connectivity index (χ3n) is 3.49. The van der Waals surface area contributed by atoms with Gasteiger partial charge in [-0.3, -0.25) is 4.79 Å². The van der Waals surface area contributed by atoms with Crippen molar-refractivity contribution in [3.8, 4) is 23.3 Å². The van der Waals surface area contributed by atoms with Crippen LogP contribution >= 0.6 is 15.9 Å². The largest absolute Gasteiger partial charge is 0.503 e. The van der Waals surface area contributed by atoms with Crippen molar-refractivity contribution in [2.45, 2.75) is 26.9 Å². The van der Waals surface area contributed by atoms with Gasteiger partial charge in [-0.1, -0.05) is 6.07 Å². The number of hydrogen-bond acceptors (Lipinski definition) is 5. The van der Waals surface area contributed by atoms with Gasteiger partial charge in [0.2, 0.25) is 0 Å². The van der Waals surface area contributed by atoms with Gasteiger partial charge in [-0.15, -0.1) is 0 Å². The summed E-state index contributed by atoms with van der Waals surface area (Å²) in [5.74, 6) is 0.300. The van der Waals surface area contributed by atoms with Crippen LogP contribution in [0.4, 0.5) is 5.69 Å². The van der Waals surface area contributed by atoms with E-state index in [0.717, 1.165) is 0 Å². The summed E-state index contributed by atoms with van der Waals surface area (Å²) in [7, 11) is 0. The van der Waals surface area contributed by atoms with Gasteiger partial charge in [0, 0.05) is 11.8 Å². The Morgan fingerprint density at radius 1 is 1.36 bits per heavy atom. The molecule has 0 atom stereocenters. The first-order chi connectivity index (χ1) is 13.3. The fraction of sp³-hybridized carbons (Fsp3) is 0.238. The second-order valence-electron chi connectivity index (χ2n) is 6.10. The quantitative estimate of drug-likeness (QED) is 0.468. The molecular formula is C21H21BrN2O4. The number of aromatic hydroxyl groups is 1. The first kappa shape index (κ1) is 21.3. The molecule has 0 unspecified atom stereocenters. The molecule has 0 fully saturated rings. The summed E-state index contributed by atoms with van der Waals surface area (Å²) in [6, 6.07) is 12.0. The van der Waals surface area contributed by atoms with Crippen LogP contribution in [0.5, 0.6) is 17.2 Å². The third kappa shape index (κ3) is 5.76. The molecule has 0 radical (unpaired) electrons. The van der Waals surface area contributed by atoms with Crippen molar-refractivity contribution in [1.82, 2.24) is 0 Å². The molecule has 0 heterocycles. The number of phenols is 1. The molecule has 2 aromatic carbocycles. The Bertz CT molecular complexity index is 932. The van der Waals surface area contributed by atoms with Gasteiger partial charge >= 0.3 is 0 Å². The number of ether oxygens (including phenoxy) is 2. The second kappa shape index (κ2) is 9.81. The van der Waals surface area contributed by atoms with Crippen LogP contribution in [-0.4, -0.2) is 23.7 Å². The normalized spacial score (nSPS) is 11.1. The molecule has 28 heavy (non-hydrogen) atoms. The molecule has 2 rings (SSSR count). The summed E-state index contributed by atoms with van der Waals surface area (Å²) in [6.07, 6.45) is 1.43. The van der Waals surface area contributed by atoms with Crippen LogP contribution in [0.25, 0.3) is 6.08 Å². The van der Waals surface area contributed by atoms with Gasteiger partial charge in [0.05, 0.1) is 17.2 Å². The number of carbonyl (C=O) groups is 1. The summed E-state index contributed by atoms with van der Waals surface area (Å²) in [5.41, 5.74) is 0.970. The topological polar surface area (TPSA) is 91.6 Å². The third-order valence-corrected chi connectivity index (χ3v) is 4.09. The highest BCUT2D eigenvalue weighted by atomic mass is 79.9. The fourth-order valence-electron chi connectivity index (χ4n) is 2.38. The summed E-state index contributed by atoms with van der Waals surface area (Å²) in [4.78, 5) is 12.5. The van der Waals surface area contributed by atoms with E-state index < -0.39 is 5.91 Å². The molecule has 0 aromatic heterocycles. The van der Waals surface area contributed by atoms with E-state index >= 15 is 0 Å². The first-order valence-electron chi connectivity index (χ1n) is 8.69. The summed E-state index contributed by atoms with van der Waals surface area (Å²) >= 11 is 3.24. The highest BCUT2D eigenvalue weighted by Gasteiger charge is 2.13. The van der Waals surface area contributed by atoms with E-state index in [-0.39, 0.29) is 23.2 Å². The van der Waals surface area contributed by atoms with Gasteiger partial charge in [0.25, 0.3) is 5.91 Å². The number of nitrogens with one attached hydrogen (secondary N) is 1. The number of halogens is 1. The average Bonchev–Trinajstić information content (AvgIpc) is 2.63. The van der Waals surface area contributed by atoms with Crippen molar-refractivity contribution in [3.05, 3.63) is 52.0 Å². The number of amides is 1. The van der Waals surface area contributed by atoms with Gasteiger partial charge < -0.3 is 19.9 Å². The van der Waals surface area contributed by atoms with E-state index in [1.54, 1.807) is 43.3 Å². The Hall–Kier alpha value is -2.98. The number of nitrogens with zero attached hydrogens (tertiary/aromatic N) is 1.